The molecule has 1 aromatic carbocycles. The van der Waals surface area contributed by atoms with Gasteiger partial charge in [-0.25, -0.2) is 0 Å². The zero-order chi connectivity index (χ0) is 15.5. The molecule has 0 radical (unpaired) electrons. The van der Waals surface area contributed by atoms with Crippen LogP contribution in [-0.4, -0.2) is 10.9 Å². The van der Waals surface area contributed by atoms with Crippen molar-refractivity contribution < 1.29 is 4.79 Å². The molecule has 3 N–H and O–H groups in total. The van der Waals surface area contributed by atoms with Gasteiger partial charge >= 0.3 is 0 Å². The Bertz CT molecular complexity index is 555. The lowest BCUT2D eigenvalue weighted by Crippen LogP contribution is -2.45. The van der Waals surface area contributed by atoms with Crippen LogP contribution >= 0.6 is 44.1 Å². The molecule has 0 aromatic heterocycles. The fourth-order valence-corrected chi connectivity index (χ4v) is 4.19. The number of hydrogen-bond donors (Lipinski definition) is 2. The fraction of sp³-hybridized carbons (Fsp3) is 0.467. The van der Waals surface area contributed by atoms with Crippen LogP contribution in [-0.2, 0) is 4.79 Å². The van der Waals surface area contributed by atoms with Gasteiger partial charge in [0, 0.05) is 8.95 Å². The number of nitrogens with one attached hydrogen (secondary N) is 1. The first-order valence-corrected chi connectivity index (χ1v) is 9.01. The zero-order valence-electron chi connectivity index (χ0n) is 11.6. The van der Waals surface area contributed by atoms with E-state index in [-0.39, 0.29) is 5.91 Å². The lowest BCUT2D eigenvalue weighted by molar-refractivity contribution is -0.122. The molecule has 6 heteroatoms. The summed E-state index contributed by atoms with van der Waals surface area (Å²) in [5.74, 6) is -0.0834. The molecule has 0 atom stereocenters. The Kier molecular flexibility index (Phi) is 5.80. The van der Waals surface area contributed by atoms with E-state index in [1.54, 1.807) is 0 Å². The summed E-state index contributed by atoms with van der Waals surface area (Å²) >= 11 is 12.1. The maximum atomic E-state index is 12.8. The van der Waals surface area contributed by atoms with Crippen molar-refractivity contribution in [2.45, 2.75) is 38.5 Å². The van der Waals surface area contributed by atoms with Crippen LogP contribution in [0, 0.1) is 5.41 Å². The lowest BCUT2D eigenvalue weighted by Gasteiger charge is -2.30. The van der Waals surface area contributed by atoms with E-state index in [9.17, 15) is 4.79 Å². The number of rotatable bonds is 3. The molecule has 1 saturated carbocycles. The van der Waals surface area contributed by atoms with Gasteiger partial charge in [-0.2, -0.15) is 0 Å². The van der Waals surface area contributed by atoms with Crippen LogP contribution < -0.4 is 11.1 Å². The van der Waals surface area contributed by atoms with E-state index in [2.05, 4.69) is 37.2 Å². The summed E-state index contributed by atoms with van der Waals surface area (Å²) in [6.07, 6.45) is 5.74. The van der Waals surface area contributed by atoms with Crippen LogP contribution in [0.5, 0.6) is 0 Å². The van der Waals surface area contributed by atoms with Gasteiger partial charge in [0.2, 0.25) is 5.91 Å². The van der Waals surface area contributed by atoms with Crippen LogP contribution in [0.2, 0.25) is 0 Å². The minimum Gasteiger partial charge on any atom is -0.392 e. The summed E-state index contributed by atoms with van der Waals surface area (Å²) in [6.45, 7) is 0. The van der Waals surface area contributed by atoms with Crippen LogP contribution in [0.1, 0.15) is 38.5 Å². The smallest absolute Gasteiger partial charge is 0.237 e. The molecule has 1 aliphatic carbocycles. The Morgan fingerprint density at radius 3 is 2.33 bits per heavy atom. The number of benzene rings is 1. The SMILES string of the molecule is NC(=S)C1(C(=O)Nc2ccc(Br)cc2Br)CCCCCC1. The van der Waals surface area contributed by atoms with E-state index in [1.807, 2.05) is 18.2 Å². The molecule has 0 unspecified atom stereocenters. The summed E-state index contributed by atoms with van der Waals surface area (Å²) in [6, 6.07) is 5.65. The van der Waals surface area contributed by atoms with Crippen LogP contribution in [0.3, 0.4) is 0 Å². The molecule has 0 saturated heterocycles. The third-order valence-electron chi connectivity index (χ3n) is 4.04. The summed E-state index contributed by atoms with van der Waals surface area (Å²) in [5.41, 5.74) is 5.97. The predicted molar refractivity (Wildman–Crippen MR) is 97.4 cm³/mol. The Morgan fingerprint density at radius 2 is 1.81 bits per heavy atom. The van der Waals surface area contributed by atoms with E-state index >= 15 is 0 Å². The monoisotopic (exact) mass is 432 g/mol. The normalized spacial score (nSPS) is 17.8. The van der Waals surface area contributed by atoms with Crippen molar-refractivity contribution in [1.82, 2.24) is 0 Å². The number of carbonyl (C=O) groups is 1. The maximum Gasteiger partial charge on any atom is 0.237 e. The Morgan fingerprint density at radius 1 is 1.19 bits per heavy atom. The van der Waals surface area contributed by atoms with Gasteiger partial charge in [-0.15, -0.1) is 0 Å². The first-order chi connectivity index (χ1) is 9.95. The summed E-state index contributed by atoms with van der Waals surface area (Å²) < 4.78 is 1.78. The van der Waals surface area contributed by atoms with Crippen molar-refractivity contribution in [2.24, 2.45) is 11.1 Å². The maximum absolute atomic E-state index is 12.8. The minimum atomic E-state index is -0.710. The molecular formula is C15H18Br2N2OS. The van der Waals surface area contributed by atoms with Gasteiger partial charge in [0.25, 0.3) is 0 Å². The molecule has 0 heterocycles. The number of hydrogen-bond acceptors (Lipinski definition) is 2. The number of amides is 1. The quantitative estimate of drug-likeness (QED) is 0.532. The molecular weight excluding hydrogens is 416 g/mol. The molecule has 1 aliphatic rings. The lowest BCUT2D eigenvalue weighted by atomic mass is 9.79. The standard InChI is InChI=1S/C15H18Br2N2OS/c16-10-5-6-12(11(17)9-10)19-14(20)15(13(18)21)7-3-1-2-4-8-15/h5-6,9H,1-4,7-8H2,(H2,18,21)(H,19,20). The van der Waals surface area contributed by atoms with Crippen LogP contribution in [0.4, 0.5) is 5.69 Å². The predicted octanol–water partition coefficient (Wildman–Crippen LogP) is 4.78. The molecule has 0 spiro atoms. The molecule has 0 bridgehead atoms. The average molecular weight is 434 g/mol. The molecule has 1 aromatic rings. The van der Waals surface area contributed by atoms with Crippen molar-refractivity contribution in [3.05, 3.63) is 27.1 Å². The van der Waals surface area contributed by atoms with Crippen molar-refractivity contribution in [2.75, 3.05) is 5.32 Å². The third kappa shape index (κ3) is 3.85. The first-order valence-electron chi connectivity index (χ1n) is 7.02. The second-order valence-corrected chi connectivity index (χ2v) is 7.65. The van der Waals surface area contributed by atoms with Gasteiger partial charge < -0.3 is 11.1 Å². The largest absolute Gasteiger partial charge is 0.392 e. The van der Waals surface area contributed by atoms with E-state index in [0.29, 0.717) is 4.99 Å². The van der Waals surface area contributed by atoms with Gasteiger partial charge in [-0.3, -0.25) is 4.79 Å². The van der Waals surface area contributed by atoms with Gasteiger partial charge in [0.05, 0.1) is 16.1 Å². The molecule has 1 amide bonds. The molecule has 114 valence electrons. The van der Waals surface area contributed by atoms with Crippen molar-refractivity contribution in [3.63, 3.8) is 0 Å². The molecule has 2 rings (SSSR count). The average Bonchev–Trinajstić information content (AvgIpc) is 2.68. The minimum absolute atomic E-state index is 0.0834. The second kappa shape index (κ2) is 7.20. The van der Waals surface area contributed by atoms with Crippen LogP contribution in [0.25, 0.3) is 0 Å². The number of carbonyl (C=O) groups excluding carboxylic acids is 1. The van der Waals surface area contributed by atoms with E-state index in [4.69, 9.17) is 18.0 Å². The Hall–Kier alpha value is -0.460. The van der Waals surface area contributed by atoms with Gasteiger partial charge in [0.1, 0.15) is 0 Å². The molecule has 21 heavy (non-hydrogen) atoms. The summed E-state index contributed by atoms with van der Waals surface area (Å²) in [4.78, 5) is 13.1. The highest BCUT2D eigenvalue weighted by Crippen LogP contribution is 2.37. The number of anilines is 1. The van der Waals surface area contributed by atoms with Crippen LogP contribution in [0.15, 0.2) is 27.1 Å². The summed E-state index contributed by atoms with van der Waals surface area (Å²) in [7, 11) is 0. The molecule has 1 fully saturated rings. The Balaban J connectivity index is 2.24. The molecule has 0 aliphatic heterocycles. The van der Waals surface area contributed by atoms with E-state index in [1.165, 1.54) is 0 Å². The fourth-order valence-electron chi connectivity index (χ4n) is 2.75. The van der Waals surface area contributed by atoms with Crippen molar-refractivity contribution >= 4 is 60.7 Å². The van der Waals surface area contributed by atoms with Crippen molar-refractivity contribution in [3.8, 4) is 0 Å². The summed E-state index contributed by atoms with van der Waals surface area (Å²) in [5, 5.41) is 2.98. The highest BCUT2D eigenvalue weighted by molar-refractivity contribution is 9.11. The van der Waals surface area contributed by atoms with Gasteiger partial charge in [0.15, 0.2) is 0 Å². The number of nitrogens with two attached hydrogens (primary N) is 1. The van der Waals surface area contributed by atoms with Gasteiger partial charge in [-0.1, -0.05) is 53.8 Å². The number of thiocarbonyl (C=S) groups is 1. The third-order valence-corrected chi connectivity index (χ3v) is 5.58. The Labute approximate surface area is 147 Å². The topological polar surface area (TPSA) is 55.1 Å². The van der Waals surface area contributed by atoms with E-state index < -0.39 is 5.41 Å². The highest BCUT2D eigenvalue weighted by atomic mass is 79.9. The van der Waals surface area contributed by atoms with Crippen molar-refractivity contribution in [1.29, 1.82) is 0 Å². The zero-order valence-corrected chi connectivity index (χ0v) is 15.6. The first kappa shape index (κ1) is 16.9. The second-order valence-electron chi connectivity index (χ2n) is 5.44. The number of halogens is 2. The van der Waals surface area contributed by atoms with E-state index in [0.717, 1.165) is 53.2 Å². The molecule has 3 nitrogen and oxygen atoms in total. The highest BCUT2D eigenvalue weighted by Gasteiger charge is 2.41. The van der Waals surface area contributed by atoms with Gasteiger partial charge in [-0.05, 0) is 47.0 Å².